The van der Waals surface area contributed by atoms with E-state index in [1.165, 1.54) is 0 Å². The van der Waals surface area contributed by atoms with Crippen LogP contribution < -0.4 is 10.0 Å². The number of anilines is 1. The zero-order valence-electron chi connectivity index (χ0n) is 13.0. The molecule has 114 valence electrons. The van der Waals surface area contributed by atoms with Gasteiger partial charge in [-0.1, -0.05) is 27.7 Å². The van der Waals surface area contributed by atoms with Crippen molar-refractivity contribution in [2.24, 2.45) is 11.3 Å². The molecule has 0 radical (unpaired) electrons. The van der Waals surface area contributed by atoms with Gasteiger partial charge in [0, 0.05) is 18.8 Å². The lowest BCUT2D eigenvalue weighted by molar-refractivity contribution is 0.252. The van der Waals surface area contributed by atoms with Crippen molar-refractivity contribution in [2.75, 3.05) is 18.4 Å². The Morgan fingerprint density at radius 3 is 2.15 bits per heavy atom. The standard InChI is InChI=1S/C15H26N2O2S/c1-6-16-13-7-9-14(10-8-13)20(18,19)17-11-15(4,5)12(2)3/h7-10,12,16-17H,6,11H2,1-5H3. The summed E-state index contributed by atoms with van der Waals surface area (Å²) in [5.41, 5.74) is 0.852. The molecule has 2 N–H and O–H groups in total. The van der Waals surface area contributed by atoms with Crippen molar-refractivity contribution in [1.29, 1.82) is 0 Å². The Balaban J connectivity index is 2.79. The van der Waals surface area contributed by atoms with Crippen LogP contribution in [0.4, 0.5) is 5.69 Å². The molecule has 1 aromatic rings. The highest BCUT2D eigenvalue weighted by Gasteiger charge is 2.25. The van der Waals surface area contributed by atoms with E-state index in [2.05, 4.69) is 37.7 Å². The zero-order chi connectivity index (χ0) is 15.4. The highest BCUT2D eigenvalue weighted by Crippen LogP contribution is 2.25. The predicted octanol–water partition coefficient (Wildman–Crippen LogP) is 3.08. The largest absolute Gasteiger partial charge is 0.385 e. The molecule has 0 unspecified atom stereocenters. The Labute approximate surface area is 123 Å². The van der Waals surface area contributed by atoms with E-state index >= 15 is 0 Å². The highest BCUT2D eigenvalue weighted by atomic mass is 32.2. The van der Waals surface area contributed by atoms with E-state index in [0.29, 0.717) is 17.4 Å². The minimum atomic E-state index is -3.44. The third-order valence-electron chi connectivity index (χ3n) is 3.83. The summed E-state index contributed by atoms with van der Waals surface area (Å²) < 4.78 is 27.2. The minimum absolute atomic E-state index is 0.0726. The molecule has 0 amide bonds. The Bertz CT molecular complexity index is 519. The van der Waals surface area contributed by atoms with Crippen molar-refractivity contribution in [1.82, 2.24) is 4.72 Å². The molecular formula is C15H26N2O2S. The first-order valence-corrected chi connectivity index (χ1v) is 8.51. The van der Waals surface area contributed by atoms with Gasteiger partial charge in [-0.3, -0.25) is 0 Å². The first-order chi connectivity index (χ1) is 9.19. The molecule has 0 fully saturated rings. The van der Waals surface area contributed by atoms with Gasteiger partial charge in [0.2, 0.25) is 10.0 Å². The van der Waals surface area contributed by atoms with Gasteiger partial charge in [0.15, 0.2) is 0 Å². The molecule has 0 aliphatic heterocycles. The molecule has 0 atom stereocenters. The average Bonchev–Trinajstić information content (AvgIpc) is 2.38. The Kier molecular flexibility index (Phi) is 5.59. The quantitative estimate of drug-likeness (QED) is 0.813. The fraction of sp³-hybridized carbons (Fsp3) is 0.600. The summed E-state index contributed by atoms with van der Waals surface area (Å²) in [6, 6.07) is 6.82. The normalized spacial score (nSPS) is 12.7. The molecule has 0 aromatic heterocycles. The summed E-state index contributed by atoms with van der Waals surface area (Å²) >= 11 is 0. The molecule has 0 aliphatic rings. The van der Waals surface area contributed by atoms with Crippen molar-refractivity contribution in [3.8, 4) is 0 Å². The van der Waals surface area contributed by atoms with Gasteiger partial charge in [-0.2, -0.15) is 0 Å². The van der Waals surface area contributed by atoms with Gasteiger partial charge in [0.05, 0.1) is 4.90 Å². The zero-order valence-corrected chi connectivity index (χ0v) is 13.8. The third-order valence-corrected chi connectivity index (χ3v) is 5.24. The molecule has 4 nitrogen and oxygen atoms in total. The maximum atomic E-state index is 12.2. The molecule has 20 heavy (non-hydrogen) atoms. The topological polar surface area (TPSA) is 58.2 Å². The Hall–Kier alpha value is -1.07. The van der Waals surface area contributed by atoms with Crippen LogP contribution >= 0.6 is 0 Å². The first-order valence-electron chi connectivity index (χ1n) is 7.02. The van der Waals surface area contributed by atoms with Gasteiger partial charge >= 0.3 is 0 Å². The predicted molar refractivity (Wildman–Crippen MR) is 84.4 cm³/mol. The lowest BCUT2D eigenvalue weighted by atomic mass is 9.81. The van der Waals surface area contributed by atoms with E-state index in [-0.39, 0.29) is 5.41 Å². The number of nitrogens with one attached hydrogen (secondary N) is 2. The van der Waals surface area contributed by atoms with Gasteiger partial charge in [-0.25, -0.2) is 13.1 Å². The van der Waals surface area contributed by atoms with Gasteiger partial charge < -0.3 is 5.32 Å². The van der Waals surface area contributed by atoms with E-state index in [1.54, 1.807) is 24.3 Å². The number of hydrogen-bond donors (Lipinski definition) is 2. The summed E-state index contributed by atoms with van der Waals surface area (Å²) in [6.07, 6.45) is 0. The van der Waals surface area contributed by atoms with Crippen LogP contribution in [-0.4, -0.2) is 21.5 Å². The monoisotopic (exact) mass is 298 g/mol. The van der Waals surface area contributed by atoms with Crippen LogP contribution in [0.15, 0.2) is 29.2 Å². The van der Waals surface area contributed by atoms with E-state index in [4.69, 9.17) is 0 Å². The number of sulfonamides is 1. The summed E-state index contributed by atoms with van der Waals surface area (Å²) in [6.45, 7) is 11.6. The lowest BCUT2D eigenvalue weighted by Gasteiger charge is -2.29. The molecule has 0 spiro atoms. The molecular weight excluding hydrogens is 272 g/mol. The van der Waals surface area contributed by atoms with Crippen LogP contribution in [-0.2, 0) is 10.0 Å². The summed E-state index contributed by atoms with van der Waals surface area (Å²) in [7, 11) is -3.44. The molecule has 5 heteroatoms. The number of rotatable bonds is 7. The fourth-order valence-corrected chi connectivity index (χ4v) is 2.75. The Morgan fingerprint density at radius 1 is 1.15 bits per heavy atom. The van der Waals surface area contributed by atoms with Crippen LogP contribution in [0.2, 0.25) is 0 Å². The van der Waals surface area contributed by atoms with Crippen LogP contribution in [0.5, 0.6) is 0 Å². The molecule has 0 aliphatic carbocycles. The second-order valence-corrected chi connectivity index (χ2v) is 7.79. The van der Waals surface area contributed by atoms with E-state index in [0.717, 1.165) is 12.2 Å². The Morgan fingerprint density at radius 2 is 1.70 bits per heavy atom. The van der Waals surface area contributed by atoms with Crippen LogP contribution in [0, 0.1) is 11.3 Å². The van der Waals surface area contributed by atoms with Crippen molar-refractivity contribution >= 4 is 15.7 Å². The molecule has 0 bridgehead atoms. The molecule has 0 saturated heterocycles. The van der Waals surface area contributed by atoms with Crippen molar-refractivity contribution in [3.05, 3.63) is 24.3 Å². The molecule has 0 heterocycles. The lowest BCUT2D eigenvalue weighted by Crippen LogP contribution is -2.36. The molecule has 0 saturated carbocycles. The maximum absolute atomic E-state index is 12.2. The SMILES string of the molecule is CCNc1ccc(S(=O)(=O)NCC(C)(C)C(C)C)cc1. The van der Waals surface area contributed by atoms with Gasteiger partial charge in [-0.05, 0) is 42.5 Å². The second kappa shape index (κ2) is 6.59. The van der Waals surface area contributed by atoms with E-state index in [1.807, 2.05) is 6.92 Å². The summed E-state index contributed by atoms with van der Waals surface area (Å²) in [5.74, 6) is 0.404. The first kappa shape index (κ1) is 17.0. The van der Waals surface area contributed by atoms with Gasteiger partial charge in [0.1, 0.15) is 0 Å². The fourth-order valence-electron chi connectivity index (χ4n) is 1.52. The van der Waals surface area contributed by atoms with Crippen LogP contribution in [0.1, 0.15) is 34.6 Å². The van der Waals surface area contributed by atoms with Crippen molar-refractivity contribution in [3.63, 3.8) is 0 Å². The highest BCUT2D eigenvalue weighted by molar-refractivity contribution is 7.89. The summed E-state index contributed by atoms with van der Waals surface area (Å²) in [4.78, 5) is 0.304. The van der Waals surface area contributed by atoms with E-state index < -0.39 is 10.0 Å². The van der Waals surface area contributed by atoms with Crippen LogP contribution in [0.25, 0.3) is 0 Å². The number of benzene rings is 1. The minimum Gasteiger partial charge on any atom is -0.385 e. The second-order valence-electron chi connectivity index (χ2n) is 6.02. The number of hydrogen-bond acceptors (Lipinski definition) is 3. The van der Waals surface area contributed by atoms with Gasteiger partial charge in [0.25, 0.3) is 0 Å². The smallest absolute Gasteiger partial charge is 0.240 e. The van der Waals surface area contributed by atoms with Gasteiger partial charge in [-0.15, -0.1) is 0 Å². The van der Waals surface area contributed by atoms with Crippen molar-refractivity contribution in [2.45, 2.75) is 39.5 Å². The molecule has 1 aromatic carbocycles. The maximum Gasteiger partial charge on any atom is 0.240 e. The average molecular weight is 298 g/mol. The van der Waals surface area contributed by atoms with Crippen LogP contribution in [0.3, 0.4) is 0 Å². The van der Waals surface area contributed by atoms with E-state index in [9.17, 15) is 8.42 Å². The molecule has 1 rings (SSSR count). The summed E-state index contributed by atoms with van der Waals surface area (Å²) in [5, 5.41) is 3.14. The third kappa shape index (κ3) is 4.49. The van der Waals surface area contributed by atoms with Crippen molar-refractivity contribution < 1.29 is 8.42 Å².